The van der Waals surface area contributed by atoms with E-state index in [-0.39, 0.29) is 5.84 Å². The molecule has 0 radical (unpaired) electrons. The molecule has 0 fully saturated rings. The minimum Gasteiger partial charge on any atom is -0.409 e. The van der Waals surface area contributed by atoms with Gasteiger partial charge < -0.3 is 10.9 Å². The maximum Gasteiger partial charge on any atom is 0.172 e. The predicted octanol–water partition coefficient (Wildman–Crippen LogP) is 1.28. The zero-order chi connectivity index (χ0) is 11.5. The molecule has 1 heterocycles. The van der Waals surface area contributed by atoms with Crippen LogP contribution in [0.5, 0.6) is 0 Å². The second-order valence-corrected chi connectivity index (χ2v) is 3.46. The van der Waals surface area contributed by atoms with Crippen molar-refractivity contribution in [3.63, 3.8) is 0 Å². The van der Waals surface area contributed by atoms with Gasteiger partial charge in [-0.2, -0.15) is 5.10 Å². The lowest BCUT2D eigenvalue weighted by Gasteiger charge is -2.09. The molecule has 16 heavy (non-hydrogen) atoms. The summed E-state index contributed by atoms with van der Waals surface area (Å²) in [5.41, 5.74) is 8.14. The molecule has 2 aromatic rings. The SMILES string of the molecule is Cc1ccc(C(N)=NO)c(-n2cccn2)c1. The molecule has 82 valence electrons. The van der Waals surface area contributed by atoms with E-state index in [9.17, 15) is 0 Å². The summed E-state index contributed by atoms with van der Waals surface area (Å²) in [5, 5.41) is 15.9. The highest BCUT2D eigenvalue weighted by Gasteiger charge is 2.09. The topological polar surface area (TPSA) is 76.4 Å². The molecule has 0 aliphatic rings. The van der Waals surface area contributed by atoms with E-state index in [4.69, 9.17) is 10.9 Å². The Bertz CT molecular complexity index is 517. The number of hydrogen-bond acceptors (Lipinski definition) is 3. The molecule has 1 aromatic heterocycles. The summed E-state index contributed by atoms with van der Waals surface area (Å²) >= 11 is 0. The van der Waals surface area contributed by atoms with Crippen LogP contribution in [0.25, 0.3) is 5.69 Å². The summed E-state index contributed by atoms with van der Waals surface area (Å²) in [6.45, 7) is 1.98. The Morgan fingerprint density at radius 1 is 1.50 bits per heavy atom. The molecule has 0 amide bonds. The van der Waals surface area contributed by atoms with Gasteiger partial charge in [-0.25, -0.2) is 4.68 Å². The van der Waals surface area contributed by atoms with E-state index in [0.29, 0.717) is 5.56 Å². The molecule has 0 atom stereocenters. The number of nitrogens with two attached hydrogens (primary N) is 1. The van der Waals surface area contributed by atoms with Crippen molar-refractivity contribution in [1.29, 1.82) is 0 Å². The largest absolute Gasteiger partial charge is 0.409 e. The molecule has 0 saturated carbocycles. The van der Waals surface area contributed by atoms with E-state index < -0.39 is 0 Å². The molecule has 0 spiro atoms. The Morgan fingerprint density at radius 3 is 2.94 bits per heavy atom. The number of rotatable bonds is 2. The fourth-order valence-corrected chi connectivity index (χ4v) is 1.51. The molecule has 2 rings (SSSR count). The summed E-state index contributed by atoms with van der Waals surface area (Å²) in [4.78, 5) is 0. The standard InChI is InChI=1S/C11H12N4O/c1-8-3-4-9(11(12)14-16)10(7-8)15-6-2-5-13-15/h2-7,16H,1H3,(H2,12,14). The predicted molar refractivity (Wildman–Crippen MR) is 60.8 cm³/mol. The highest BCUT2D eigenvalue weighted by atomic mass is 16.4. The third-order valence-electron chi connectivity index (χ3n) is 2.29. The van der Waals surface area contributed by atoms with E-state index in [2.05, 4.69) is 10.3 Å². The van der Waals surface area contributed by atoms with Crippen molar-refractivity contribution in [2.75, 3.05) is 0 Å². The molecule has 1 aromatic carbocycles. The Morgan fingerprint density at radius 2 is 2.31 bits per heavy atom. The minimum absolute atomic E-state index is 0.0745. The van der Waals surface area contributed by atoms with E-state index in [1.807, 2.05) is 31.3 Å². The number of aryl methyl sites for hydroxylation is 1. The Labute approximate surface area is 92.8 Å². The van der Waals surface area contributed by atoms with Gasteiger partial charge in [-0.05, 0) is 30.7 Å². The van der Waals surface area contributed by atoms with Crippen molar-refractivity contribution in [3.8, 4) is 5.69 Å². The average molecular weight is 216 g/mol. The zero-order valence-corrected chi connectivity index (χ0v) is 8.83. The van der Waals surface area contributed by atoms with Gasteiger partial charge in [0.1, 0.15) is 0 Å². The van der Waals surface area contributed by atoms with Crippen LogP contribution in [0.3, 0.4) is 0 Å². The zero-order valence-electron chi connectivity index (χ0n) is 8.83. The lowest BCUT2D eigenvalue weighted by Crippen LogP contribution is -2.16. The van der Waals surface area contributed by atoms with Gasteiger partial charge >= 0.3 is 0 Å². The average Bonchev–Trinajstić information content (AvgIpc) is 2.81. The van der Waals surface area contributed by atoms with E-state index in [1.165, 1.54) is 0 Å². The minimum atomic E-state index is 0.0745. The quantitative estimate of drug-likeness (QED) is 0.343. The maximum absolute atomic E-state index is 8.71. The van der Waals surface area contributed by atoms with Crippen LogP contribution in [0.1, 0.15) is 11.1 Å². The number of oxime groups is 1. The highest BCUT2D eigenvalue weighted by molar-refractivity contribution is 6.00. The normalized spacial score (nSPS) is 11.7. The third-order valence-corrected chi connectivity index (χ3v) is 2.29. The summed E-state index contributed by atoms with van der Waals surface area (Å²) in [5.74, 6) is 0.0745. The summed E-state index contributed by atoms with van der Waals surface area (Å²) in [7, 11) is 0. The molecule has 0 bridgehead atoms. The smallest absolute Gasteiger partial charge is 0.172 e. The van der Waals surface area contributed by atoms with Crippen LogP contribution in [0.2, 0.25) is 0 Å². The second kappa shape index (κ2) is 4.06. The molecular formula is C11H12N4O. The fraction of sp³-hybridized carbons (Fsp3) is 0.0909. The van der Waals surface area contributed by atoms with Crippen molar-refractivity contribution in [3.05, 3.63) is 47.8 Å². The van der Waals surface area contributed by atoms with Crippen LogP contribution in [-0.4, -0.2) is 20.8 Å². The van der Waals surface area contributed by atoms with Gasteiger partial charge in [-0.3, -0.25) is 0 Å². The summed E-state index contributed by atoms with van der Waals surface area (Å²) in [6.07, 6.45) is 3.49. The molecule has 0 aliphatic heterocycles. The van der Waals surface area contributed by atoms with Crippen molar-refractivity contribution >= 4 is 5.84 Å². The van der Waals surface area contributed by atoms with Gasteiger partial charge in [0.15, 0.2) is 5.84 Å². The highest BCUT2D eigenvalue weighted by Crippen LogP contribution is 2.15. The number of amidine groups is 1. The Hall–Kier alpha value is -2.30. The monoisotopic (exact) mass is 216 g/mol. The lowest BCUT2D eigenvalue weighted by atomic mass is 10.1. The van der Waals surface area contributed by atoms with Crippen LogP contribution in [0, 0.1) is 6.92 Å². The van der Waals surface area contributed by atoms with Crippen LogP contribution in [0.15, 0.2) is 41.8 Å². The maximum atomic E-state index is 8.71. The van der Waals surface area contributed by atoms with Crippen molar-refractivity contribution in [2.45, 2.75) is 6.92 Å². The first-order valence-corrected chi connectivity index (χ1v) is 4.81. The summed E-state index contributed by atoms with van der Waals surface area (Å²) in [6, 6.07) is 7.46. The van der Waals surface area contributed by atoms with E-state index in [0.717, 1.165) is 11.3 Å². The first kappa shape index (κ1) is 10.2. The van der Waals surface area contributed by atoms with Crippen molar-refractivity contribution in [1.82, 2.24) is 9.78 Å². The Kier molecular flexibility index (Phi) is 2.59. The second-order valence-electron chi connectivity index (χ2n) is 3.46. The number of hydrogen-bond donors (Lipinski definition) is 2. The van der Waals surface area contributed by atoms with Crippen LogP contribution < -0.4 is 5.73 Å². The molecule has 0 aliphatic carbocycles. The number of nitrogens with zero attached hydrogens (tertiary/aromatic N) is 3. The van der Waals surface area contributed by atoms with Crippen LogP contribution in [0.4, 0.5) is 0 Å². The van der Waals surface area contributed by atoms with E-state index >= 15 is 0 Å². The number of benzene rings is 1. The molecule has 3 N–H and O–H groups in total. The molecular weight excluding hydrogens is 204 g/mol. The first-order chi connectivity index (χ1) is 7.72. The van der Waals surface area contributed by atoms with Gasteiger partial charge in [0.25, 0.3) is 0 Å². The molecule has 0 saturated heterocycles. The van der Waals surface area contributed by atoms with Crippen molar-refractivity contribution in [2.24, 2.45) is 10.9 Å². The van der Waals surface area contributed by atoms with Gasteiger partial charge in [-0.15, -0.1) is 0 Å². The molecule has 0 unspecified atom stereocenters. The molecule has 5 nitrogen and oxygen atoms in total. The van der Waals surface area contributed by atoms with Crippen LogP contribution >= 0.6 is 0 Å². The third kappa shape index (κ3) is 1.75. The molecule has 5 heteroatoms. The lowest BCUT2D eigenvalue weighted by molar-refractivity contribution is 0.318. The van der Waals surface area contributed by atoms with Gasteiger partial charge in [0.05, 0.1) is 5.69 Å². The first-order valence-electron chi connectivity index (χ1n) is 4.81. The van der Waals surface area contributed by atoms with Gasteiger partial charge in [0.2, 0.25) is 0 Å². The van der Waals surface area contributed by atoms with Crippen LogP contribution in [-0.2, 0) is 0 Å². The fourth-order valence-electron chi connectivity index (χ4n) is 1.51. The van der Waals surface area contributed by atoms with Crippen molar-refractivity contribution < 1.29 is 5.21 Å². The Balaban J connectivity index is 2.62. The summed E-state index contributed by atoms with van der Waals surface area (Å²) < 4.78 is 1.68. The van der Waals surface area contributed by atoms with Gasteiger partial charge in [-0.1, -0.05) is 11.2 Å². The van der Waals surface area contributed by atoms with E-state index in [1.54, 1.807) is 16.9 Å². The number of aromatic nitrogens is 2. The van der Waals surface area contributed by atoms with Gasteiger partial charge in [0, 0.05) is 18.0 Å².